The number of fused-ring (bicyclic) bond motifs is 1. The van der Waals surface area contributed by atoms with Crippen molar-refractivity contribution in [2.75, 3.05) is 11.4 Å². The normalized spacial score (nSPS) is 18.2. The minimum absolute atomic E-state index is 0.0519. The van der Waals surface area contributed by atoms with Crippen LogP contribution in [-0.4, -0.2) is 38.2 Å². The highest BCUT2D eigenvalue weighted by atomic mass is 16.2. The maximum Gasteiger partial charge on any atom is 0.256 e. The van der Waals surface area contributed by atoms with Crippen LogP contribution in [0.25, 0.3) is 0 Å². The highest BCUT2D eigenvalue weighted by molar-refractivity contribution is 5.95. The lowest BCUT2D eigenvalue weighted by Gasteiger charge is -2.36. The van der Waals surface area contributed by atoms with Crippen LogP contribution in [0, 0.1) is 6.92 Å². The van der Waals surface area contributed by atoms with E-state index >= 15 is 0 Å². The van der Waals surface area contributed by atoms with Crippen LogP contribution in [0.4, 0.5) is 5.82 Å². The Morgan fingerprint density at radius 1 is 1.06 bits per heavy atom. The van der Waals surface area contributed by atoms with Crippen LogP contribution in [0.3, 0.4) is 0 Å². The number of carbonyl (C=O) groups excluding carboxylic acids is 2. The predicted octanol–water partition coefficient (Wildman–Crippen LogP) is 4.03. The molecule has 1 saturated heterocycles. The standard InChI is InChI=1S/C26H27N5O2/c1-18-21-12-13-23(32)31(17-19-8-3-2-4-9-19)25(21)29-24(28-18)22-11-5-6-15-30(22)26(33)20-10-7-14-27-16-20/h2-4,7-10,14,16,22H,5-6,11-13,15,17H2,1H3/t22-/m1/s1. The lowest BCUT2D eigenvalue weighted by atomic mass is 9.98. The van der Waals surface area contributed by atoms with E-state index in [1.165, 1.54) is 0 Å². The second-order valence-corrected chi connectivity index (χ2v) is 8.69. The molecule has 33 heavy (non-hydrogen) atoms. The van der Waals surface area contributed by atoms with E-state index < -0.39 is 0 Å². The van der Waals surface area contributed by atoms with Crippen molar-refractivity contribution in [1.29, 1.82) is 0 Å². The molecule has 0 radical (unpaired) electrons. The summed E-state index contributed by atoms with van der Waals surface area (Å²) in [5.74, 6) is 1.33. The number of amides is 2. The number of rotatable bonds is 4. The zero-order chi connectivity index (χ0) is 22.8. The molecule has 2 aromatic heterocycles. The number of hydrogen-bond donors (Lipinski definition) is 0. The van der Waals surface area contributed by atoms with Crippen LogP contribution in [0.15, 0.2) is 54.9 Å². The maximum atomic E-state index is 13.3. The summed E-state index contributed by atoms with van der Waals surface area (Å²) in [6, 6.07) is 13.3. The molecule has 2 amide bonds. The molecule has 168 valence electrons. The molecule has 2 aliphatic heterocycles. The molecule has 0 aliphatic carbocycles. The van der Waals surface area contributed by atoms with E-state index in [2.05, 4.69) is 4.98 Å². The van der Waals surface area contributed by atoms with Crippen molar-refractivity contribution in [3.63, 3.8) is 0 Å². The Balaban J connectivity index is 1.51. The van der Waals surface area contributed by atoms with Gasteiger partial charge in [-0.1, -0.05) is 30.3 Å². The number of benzene rings is 1. The molecular weight excluding hydrogens is 414 g/mol. The number of pyridine rings is 1. The van der Waals surface area contributed by atoms with Crippen molar-refractivity contribution in [2.45, 2.75) is 51.6 Å². The molecule has 7 nitrogen and oxygen atoms in total. The second-order valence-electron chi connectivity index (χ2n) is 8.69. The summed E-state index contributed by atoms with van der Waals surface area (Å²) in [7, 11) is 0. The molecule has 4 heterocycles. The first-order valence-corrected chi connectivity index (χ1v) is 11.5. The van der Waals surface area contributed by atoms with Crippen LogP contribution in [0.5, 0.6) is 0 Å². The molecule has 0 saturated carbocycles. The molecule has 0 unspecified atom stereocenters. The summed E-state index contributed by atoms with van der Waals surface area (Å²) in [6.07, 6.45) is 7.13. The average molecular weight is 442 g/mol. The Labute approximate surface area is 193 Å². The fourth-order valence-electron chi connectivity index (χ4n) is 4.78. The third kappa shape index (κ3) is 4.23. The maximum absolute atomic E-state index is 13.3. The first-order chi connectivity index (χ1) is 16.1. The van der Waals surface area contributed by atoms with Crippen LogP contribution < -0.4 is 4.90 Å². The van der Waals surface area contributed by atoms with Crippen molar-refractivity contribution in [3.8, 4) is 0 Å². The molecule has 7 heteroatoms. The van der Waals surface area contributed by atoms with Crippen LogP contribution >= 0.6 is 0 Å². The number of carbonyl (C=O) groups is 2. The predicted molar refractivity (Wildman–Crippen MR) is 125 cm³/mol. The summed E-state index contributed by atoms with van der Waals surface area (Å²) < 4.78 is 0. The van der Waals surface area contributed by atoms with Gasteiger partial charge < -0.3 is 4.90 Å². The van der Waals surface area contributed by atoms with E-state index in [1.54, 1.807) is 29.4 Å². The molecule has 0 N–H and O–H groups in total. The number of piperidine rings is 1. The monoisotopic (exact) mass is 441 g/mol. The molecule has 1 fully saturated rings. The van der Waals surface area contributed by atoms with Crippen LogP contribution in [0.1, 0.15) is 64.7 Å². The Bertz CT molecular complexity index is 1170. The van der Waals surface area contributed by atoms with Gasteiger partial charge in [0.05, 0.1) is 18.2 Å². The Hall–Kier alpha value is -3.61. The highest BCUT2D eigenvalue weighted by Crippen LogP contribution is 2.35. The van der Waals surface area contributed by atoms with E-state index in [9.17, 15) is 9.59 Å². The van der Waals surface area contributed by atoms with Gasteiger partial charge in [0.1, 0.15) is 5.82 Å². The number of aryl methyl sites for hydroxylation is 1. The lowest BCUT2D eigenvalue weighted by molar-refractivity contribution is -0.119. The van der Waals surface area contributed by atoms with Gasteiger partial charge in [-0.3, -0.25) is 19.5 Å². The Morgan fingerprint density at radius 2 is 1.91 bits per heavy atom. The summed E-state index contributed by atoms with van der Waals surface area (Å²) in [6.45, 7) is 3.12. The van der Waals surface area contributed by atoms with Crippen molar-refractivity contribution >= 4 is 17.6 Å². The molecule has 1 aromatic carbocycles. The number of aromatic nitrogens is 3. The fraction of sp³-hybridized carbons (Fsp3) is 0.346. The largest absolute Gasteiger partial charge is 0.328 e. The zero-order valence-corrected chi connectivity index (χ0v) is 18.8. The smallest absolute Gasteiger partial charge is 0.256 e. The third-order valence-corrected chi connectivity index (χ3v) is 6.51. The lowest BCUT2D eigenvalue weighted by Crippen LogP contribution is -2.40. The molecule has 3 aromatic rings. The summed E-state index contributed by atoms with van der Waals surface area (Å²) in [5.41, 5.74) is 3.54. The van der Waals surface area contributed by atoms with Gasteiger partial charge in [0, 0.05) is 36.6 Å². The van der Waals surface area contributed by atoms with Crippen molar-refractivity contribution < 1.29 is 9.59 Å². The van der Waals surface area contributed by atoms with Crippen molar-refractivity contribution in [1.82, 2.24) is 19.9 Å². The van der Waals surface area contributed by atoms with Gasteiger partial charge >= 0.3 is 0 Å². The van der Waals surface area contributed by atoms with Gasteiger partial charge in [-0.05, 0) is 50.3 Å². The van der Waals surface area contributed by atoms with Gasteiger partial charge in [0.15, 0.2) is 5.82 Å². The average Bonchev–Trinajstić information content (AvgIpc) is 2.86. The first kappa shape index (κ1) is 21.2. The molecule has 1 atom stereocenters. The van der Waals surface area contributed by atoms with Gasteiger partial charge in [-0.15, -0.1) is 0 Å². The Morgan fingerprint density at radius 3 is 2.70 bits per heavy atom. The van der Waals surface area contributed by atoms with Crippen molar-refractivity contribution in [3.05, 3.63) is 83.1 Å². The fourth-order valence-corrected chi connectivity index (χ4v) is 4.78. The summed E-state index contributed by atoms with van der Waals surface area (Å²) >= 11 is 0. The number of likely N-dealkylation sites (tertiary alicyclic amines) is 1. The number of nitrogens with zero attached hydrogens (tertiary/aromatic N) is 5. The summed E-state index contributed by atoms with van der Waals surface area (Å²) in [4.78, 5) is 43.7. The van der Waals surface area contributed by atoms with Crippen LogP contribution in [-0.2, 0) is 17.8 Å². The molecule has 5 rings (SSSR count). The van der Waals surface area contributed by atoms with Gasteiger partial charge in [-0.2, -0.15) is 0 Å². The number of hydrogen-bond acceptors (Lipinski definition) is 5. The van der Waals surface area contributed by atoms with Gasteiger partial charge in [0.2, 0.25) is 5.91 Å². The topological polar surface area (TPSA) is 79.3 Å². The highest BCUT2D eigenvalue weighted by Gasteiger charge is 2.34. The van der Waals surface area contributed by atoms with E-state index in [1.807, 2.05) is 42.2 Å². The Kier molecular flexibility index (Phi) is 5.86. The van der Waals surface area contributed by atoms with E-state index in [-0.39, 0.29) is 17.9 Å². The quantitative estimate of drug-likeness (QED) is 0.611. The van der Waals surface area contributed by atoms with Gasteiger partial charge in [-0.25, -0.2) is 9.97 Å². The number of anilines is 1. The minimum atomic E-state index is -0.217. The van der Waals surface area contributed by atoms with E-state index in [0.29, 0.717) is 43.1 Å². The SMILES string of the molecule is Cc1nc([C@H]2CCCCN2C(=O)c2cccnc2)nc2c1CCC(=O)N2Cc1ccccc1. The third-order valence-electron chi connectivity index (χ3n) is 6.51. The zero-order valence-electron chi connectivity index (χ0n) is 18.8. The van der Waals surface area contributed by atoms with Gasteiger partial charge in [0.25, 0.3) is 5.91 Å². The second kappa shape index (κ2) is 9.10. The van der Waals surface area contributed by atoms with Crippen LogP contribution in [0.2, 0.25) is 0 Å². The molecule has 0 spiro atoms. The van der Waals surface area contributed by atoms with Crippen molar-refractivity contribution in [2.24, 2.45) is 0 Å². The first-order valence-electron chi connectivity index (χ1n) is 11.5. The minimum Gasteiger partial charge on any atom is -0.328 e. The molecule has 0 bridgehead atoms. The molecular formula is C26H27N5O2. The summed E-state index contributed by atoms with van der Waals surface area (Å²) in [5, 5.41) is 0. The van der Waals surface area contributed by atoms with E-state index in [0.717, 1.165) is 36.1 Å². The van der Waals surface area contributed by atoms with E-state index in [4.69, 9.17) is 9.97 Å². The molecule has 2 aliphatic rings.